The monoisotopic (exact) mass is 326 g/mol. The zero-order chi connectivity index (χ0) is 16.9. The summed E-state index contributed by atoms with van der Waals surface area (Å²) in [7, 11) is 0. The normalized spacial score (nSPS) is 11.9. The predicted molar refractivity (Wildman–Crippen MR) is 84.1 cm³/mol. The third-order valence-corrected chi connectivity index (χ3v) is 3.23. The Morgan fingerprint density at radius 1 is 1.23 bits per heavy atom. The van der Waals surface area contributed by atoms with Crippen molar-refractivity contribution >= 4 is 35.1 Å². The molecule has 7 heteroatoms. The molecule has 2 amide bonds. The Hall–Kier alpha value is -2.08. The van der Waals surface area contributed by atoms with Gasteiger partial charge in [-0.25, -0.2) is 0 Å². The SMILES string of the molecule is CC(C)CNC(=O)c1ccc(NC(=O)[C@@H](C)C(=O)O)cc1Cl. The van der Waals surface area contributed by atoms with Gasteiger partial charge in [0, 0.05) is 12.2 Å². The van der Waals surface area contributed by atoms with Crippen LogP contribution in [0.5, 0.6) is 0 Å². The highest BCUT2D eigenvalue weighted by Gasteiger charge is 2.21. The van der Waals surface area contributed by atoms with Gasteiger partial charge < -0.3 is 15.7 Å². The van der Waals surface area contributed by atoms with Crippen LogP contribution in [-0.2, 0) is 9.59 Å². The van der Waals surface area contributed by atoms with E-state index < -0.39 is 17.8 Å². The van der Waals surface area contributed by atoms with Gasteiger partial charge in [0.2, 0.25) is 5.91 Å². The van der Waals surface area contributed by atoms with Crippen molar-refractivity contribution in [3.8, 4) is 0 Å². The summed E-state index contributed by atoms with van der Waals surface area (Å²) >= 11 is 6.04. The van der Waals surface area contributed by atoms with E-state index in [4.69, 9.17) is 16.7 Å². The molecule has 0 aliphatic rings. The van der Waals surface area contributed by atoms with E-state index in [0.29, 0.717) is 23.7 Å². The zero-order valence-electron chi connectivity index (χ0n) is 12.6. The van der Waals surface area contributed by atoms with E-state index in [-0.39, 0.29) is 10.9 Å². The number of anilines is 1. The number of halogens is 1. The molecule has 0 radical (unpaired) electrons. The van der Waals surface area contributed by atoms with Crippen LogP contribution in [0.4, 0.5) is 5.69 Å². The van der Waals surface area contributed by atoms with Crippen molar-refractivity contribution < 1.29 is 19.5 Å². The molecule has 0 aliphatic carbocycles. The average Bonchev–Trinajstić information content (AvgIpc) is 2.43. The van der Waals surface area contributed by atoms with Gasteiger partial charge in [-0.05, 0) is 31.0 Å². The molecule has 0 spiro atoms. The lowest BCUT2D eigenvalue weighted by atomic mass is 10.1. The maximum atomic E-state index is 11.9. The second kappa shape index (κ2) is 7.79. The molecule has 0 unspecified atom stereocenters. The van der Waals surface area contributed by atoms with Crippen LogP contribution >= 0.6 is 11.6 Å². The maximum Gasteiger partial charge on any atom is 0.315 e. The van der Waals surface area contributed by atoms with Crippen LogP contribution in [0, 0.1) is 11.8 Å². The first-order chi connectivity index (χ1) is 10.2. The molecule has 1 aromatic rings. The Bertz CT molecular complexity index is 587. The molecular formula is C15H19ClN2O4. The van der Waals surface area contributed by atoms with E-state index in [1.807, 2.05) is 13.8 Å². The van der Waals surface area contributed by atoms with Gasteiger partial charge in [-0.2, -0.15) is 0 Å². The number of hydrogen-bond donors (Lipinski definition) is 3. The average molecular weight is 327 g/mol. The van der Waals surface area contributed by atoms with Crippen LogP contribution in [0.15, 0.2) is 18.2 Å². The van der Waals surface area contributed by atoms with E-state index >= 15 is 0 Å². The van der Waals surface area contributed by atoms with Gasteiger partial charge >= 0.3 is 5.97 Å². The molecule has 120 valence electrons. The summed E-state index contributed by atoms with van der Waals surface area (Å²) in [6.07, 6.45) is 0. The van der Waals surface area contributed by atoms with Gasteiger partial charge in [-0.1, -0.05) is 25.4 Å². The Labute approximate surface area is 133 Å². The number of aliphatic carboxylic acids is 1. The summed E-state index contributed by atoms with van der Waals surface area (Å²) in [4.78, 5) is 34.3. The Kier molecular flexibility index (Phi) is 6.37. The van der Waals surface area contributed by atoms with Crippen molar-refractivity contribution in [1.82, 2.24) is 5.32 Å². The Morgan fingerprint density at radius 3 is 2.36 bits per heavy atom. The number of carboxylic acids is 1. The molecule has 1 rings (SSSR count). The molecule has 1 aromatic carbocycles. The molecule has 1 atom stereocenters. The lowest BCUT2D eigenvalue weighted by Gasteiger charge is -2.11. The molecule has 0 fully saturated rings. The number of carbonyl (C=O) groups is 3. The number of hydrogen-bond acceptors (Lipinski definition) is 3. The zero-order valence-corrected chi connectivity index (χ0v) is 13.4. The third-order valence-electron chi connectivity index (χ3n) is 2.92. The van der Waals surface area contributed by atoms with Crippen LogP contribution in [0.2, 0.25) is 5.02 Å². The van der Waals surface area contributed by atoms with Gasteiger partial charge in [0.15, 0.2) is 0 Å². The molecule has 0 bridgehead atoms. The van der Waals surface area contributed by atoms with Crippen LogP contribution in [0.1, 0.15) is 31.1 Å². The second-order valence-electron chi connectivity index (χ2n) is 5.35. The van der Waals surface area contributed by atoms with Crippen molar-refractivity contribution in [2.24, 2.45) is 11.8 Å². The summed E-state index contributed by atoms with van der Waals surface area (Å²) in [5.41, 5.74) is 0.634. The minimum Gasteiger partial charge on any atom is -0.481 e. The van der Waals surface area contributed by atoms with Crippen LogP contribution in [-0.4, -0.2) is 29.4 Å². The fourth-order valence-electron chi connectivity index (χ4n) is 1.53. The summed E-state index contributed by atoms with van der Waals surface area (Å²) in [5, 5.41) is 14.1. The van der Waals surface area contributed by atoms with E-state index in [9.17, 15) is 14.4 Å². The third kappa shape index (κ3) is 5.04. The molecule has 22 heavy (non-hydrogen) atoms. The minimum atomic E-state index is -1.21. The number of carbonyl (C=O) groups excluding carboxylic acids is 2. The van der Waals surface area contributed by atoms with Crippen LogP contribution in [0.25, 0.3) is 0 Å². The first-order valence-electron chi connectivity index (χ1n) is 6.83. The topological polar surface area (TPSA) is 95.5 Å². The smallest absolute Gasteiger partial charge is 0.315 e. The first-order valence-corrected chi connectivity index (χ1v) is 7.21. The predicted octanol–water partition coefficient (Wildman–Crippen LogP) is 2.38. The number of benzene rings is 1. The van der Waals surface area contributed by atoms with E-state index in [1.54, 1.807) is 0 Å². The Balaban J connectivity index is 2.79. The van der Waals surface area contributed by atoms with Crippen molar-refractivity contribution in [1.29, 1.82) is 0 Å². The van der Waals surface area contributed by atoms with Gasteiger partial charge in [0.05, 0.1) is 10.6 Å². The molecule has 3 N–H and O–H groups in total. The summed E-state index contributed by atoms with van der Waals surface area (Å²) < 4.78 is 0. The number of amides is 2. The summed E-state index contributed by atoms with van der Waals surface area (Å²) in [5.74, 6) is -3.02. The molecule has 6 nitrogen and oxygen atoms in total. The molecule has 0 saturated heterocycles. The highest BCUT2D eigenvalue weighted by Crippen LogP contribution is 2.21. The van der Waals surface area contributed by atoms with Gasteiger partial charge in [-0.3, -0.25) is 14.4 Å². The van der Waals surface area contributed by atoms with Crippen LogP contribution < -0.4 is 10.6 Å². The lowest BCUT2D eigenvalue weighted by Crippen LogP contribution is -2.28. The van der Waals surface area contributed by atoms with Gasteiger partial charge in [0.1, 0.15) is 5.92 Å². The van der Waals surface area contributed by atoms with Gasteiger partial charge in [0.25, 0.3) is 5.91 Å². The molecule has 0 saturated carbocycles. The number of carboxylic acid groups (broad SMARTS) is 1. The van der Waals surface area contributed by atoms with Gasteiger partial charge in [-0.15, -0.1) is 0 Å². The highest BCUT2D eigenvalue weighted by atomic mass is 35.5. The van der Waals surface area contributed by atoms with Crippen molar-refractivity contribution in [2.75, 3.05) is 11.9 Å². The van der Waals surface area contributed by atoms with E-state index in [1.165, 1.54) is 25.1 Å². The summed E-state index contributed by atoms with van der Waals surface area (Å²) in [6, 6.07) is 4.40. The largest absolute Gasteiger partial charge is 0.481 e. The molecular weight excluding hydrogens is 308 g/mol. The second-order valence-corrected chi connectivity index (χ2v) is 5.75. The fourth-order valence-corrected chi connectivity index (χ4v) is 1.80. The van der Waals surface area contributed by atoms with Crippen molar-refractivity contribution in [2.45, 2.75) is 20.8 Å². The maximum absolute atomic E-state index is 11.9. The standard InChI is InChI=1S/C15H19ClN2O4/c1-8(2)7-17-14(20)11-5-4-10(6-12(11)16)18-13(19)9(3)15(21)22/h4-6,8-9H,7H2,1-3H3,(H,17,20)(H,18,19)(H,21,22)/t9-/m1/s1. The van der Waals surface area contributed by atoms with Crippen molar-refractivity contribution in [3.63, 3.8) is 0 Å². The van der Waals surface area contributed by atoms with Crippen LogP contribution in [0.3, 0.4) is 0 Å². The van der Waals surface area contributed by atoms with Crippen molar-refractivity contribution in [3.05, 3.63) is 28.8 Å². The summed E-state index contributed by atoms with van der Waals surface area (Å²) in [6.45, 7) is 5.77. The molecule has 0 heterocycles. The minimum absolute atomic E-state index is 0.182. The molecule has 0 aromatic heterocycles. The fraction of sp³-hybridized carbons (Fsp3) is 0.400. The molecule has 0 aliphatic heterocycles. The van der Waals surface area contributed by atoms with E-state index in [2.05, 4.69) is 10.6 Å². The first kappa shape index (κ1) is 18.0. The highest BCUT2D eigenvalue weighted by molar-refractivity contribution is 6.34. The quantitative estimate of drug-likeness (QED) is 0.699. The number of rotatable bonds is 6. The van der Waals surface area contributed by atoms with E-state index in [0.717, 1.165) is 0 Å². The Morgan fingerprint density at radius 2 is 1.86 bits per heavy atom. The number of nitrogens with one attached hydrogen (secondary N) is 2. The lowest BCUT2D eigenvalue weighted by molar-refractivity contribution is -0.144.